The predicted octanol–water partition coefficient (Wildman–Crippen LogP) is 5.09. The molecule has 0 spiro atoms. The van der Waals surface area contributed by atoms with Crippen molar-refractivity contribution in [1.82, 2.24) is 0 Å². The highest BCUT2D eigenvalue weighted by Gasteiger charge is 2.30. The highest BCUT2D eigenvalue weighted by molar-refractivity contribution is 4.90. The van der Waals surface area contributed by atoms with Crippen LogP contribution in [-0.2, 0) is 0 Å². The van der Waals surface area contributed by atoms with Crippen LogP contribution >= 0.6 is 0 Å². The van der Waals surface area contributed by atoms with Crippen molar-refractivity contribution < 1.29 is 0 Å². The Morgan fingerprint density at radius 3 is 2.00 bits per heavy atom. The molecule has 1 heteroatoms. The third-order valence-electron chi connectivity index (χ3n) is 5.22. The quantitative estimate of drug-likeness (QED) is 0.635. The number of hydrogen-bond donors (Lipinski definition) is 0. The highest BCUT2D eigenvalue weighted by Crippen LogP contribution is 2.41. The Labute approximate surface area is 112 Å². The van der Waals surface area contributed by atoms with E-state index < -0.39 is 0 Å². The van der Waals surface area contributed by atoms with Gasteiger partial charge >= 0.3 is 0 Å². The van der Waals surface area contributed by atoms with Crippen molar-refractivity contribution in [2.24, 2.45) is 23.7 Å². The van der Waals surface area contributed by atoms with Gasteiger partial charge in [-0.3, -0.25) is 0 Å². The minimum Gasteiger partial charge on any atom is -0.198 e. The molecule has 0 aromatic carbocycles. The second kappa shape index (κ2) is 6.98. The molecule has 18 heavy (non-hydrogen) atoms. The van der Waals surface area contributed by atoms with Gasteiger partial charge in [0.1, 0.15) is 0 Å². The predicted molar refractivity (Wildman–Crippen MR) is 75.9 cm³/mol. The van der Waals surface area contributed by atoms with Crippen LogP contribution in [0.3, 0.4) is 0 Å². The topological polar surface area (TPSA) is 23.8 Å². The van der Waals surface area contributed by atoms with Gasteiger partial charge in [-0.15, -0.1) is 0 Å². The molecule has 0 aliphatic heterocycles. The molecule has 0 aromatic heterocycles. The van der Waals surface area contributed by atoms with Crippen molar-refractivity contribution >= 4 is 0 Å². The van der Waals surface area contributed by atoms with Crippen LogP contribution in [0.2, 0.25) is 0 Å². The van der Waals surface area contributed by atoms with Crippen LogP contribution in [0, 0.1) is 35.0 Å². The van der Waals surface area contributed by atoms with Crippen LogP contribution in [0.15, 0.2) is 12.2 Å². The molecular formula is C17H27N. The van der Waals surface area contributed by atoms with E-state index in [2.05, 4.69) is 25.1 Å². The third-order valence-corrected chi connectivity index (χ3v) is 5.22. The Morgan fingerprint density at radius 2 is 1.50 bits per heavy atom. The first-order chi connectivity index (χ1) is 8.83. The van der Waals surface area contributed by atoms with E-state index in [-0.39, 0.29) is 0 Å². The maximum atomic E-state index is 8.95. The number of nitrogens with zero attached hydrogens (tertiary/aromatic N) is 1. The van der Waals surface area contributed by atoms with E-state index in [1.807, 2.05) is 0 Å². The third kappa shape index (κ3) is 3.61. The van der Waals surface area contributed by atoms with Gasteiger partial charge in [0.15, 0.2) is 0 Å². The summed E-state index contributed by atoms with van der Waals surface area (Å²) in [7, 11) is 0. The van der Waals surface area contributed by atoms with E-state index in [9.17, 15) is 0 Å². The summed E-state index contributed by atoms with van der Waals surface area (Å²) in [5.41, 5.74) is 0. The Balaban J connectivity index is 1.72. The first kappa shape index (κ1) is 13.7. The zero-order chi connectivity index (χ0) is 12.8. The zero-order valence-corrected chi connectivity index (χ0v) is 11.8. The molecule has 0 heterocycles. The summed E-state index contributed by atoms with van der Waals surface area (Å²) in [4.78, 5) is 0. The van der Waals surface area contributed by atoms with Crippen molar-refractivity contribution in [3.8, 4) is 6.07 Å². The molecule has 0 N–H and O–H groups in total. The van der Waals surface area contributed by atoms with Crippen molar-refractivity contribution in [2.45, 2.75) is 64.7 Å². The minimum atomic E-state index is 0.368. The summed E-state index contributed by atoms with van der Waals surface area (Å²) in [5, 5.41) is 8.95. The van der Waals surface area contributed by atoms with Crippen LogP contribution in [0.4, 0.5) is 0 Å². The maximum Gasteiger partial charge on any atom is 0.0655 e. The molecule has 1 nitrogen and oxygen atoms in total. The fourth-order valence-corrected chi connectivity index (χ4v) is 3.94. The van der Waals surface area contributed by atoms with Gasteiger partial charge in [-0.05, 0) is 82.5 Å². The highest BCUT2D eigenvalue weighted by atomic mass is 14.4. The lowest BCUT2D eigenvalue weighted by atomic mass is 9.69. The van der Waals surface area contributed by atoms with Gasteiger partial charge in [0, 0.05) is 5.92 Å². The molecule has 0 saturated heterocycles. The van der Waals surface area contributed by atoms with Crippen molar-refractivity contribution in [3.05, 3.63) is 12.2 Å². The monoisotopic (exact) mass is 245 g/mol. The fourth-order valence-electron chi connectivity index (χ4n) is 3.94. The van der Waals surface area contributed by atoms with Crippen LogP contribution < -0.4 is 0 Å². The zero-order valence-electron chi connectivity index (χ0n) is 11.8. The number of nitriles is 1. The molecule has 0 unspecified atom stereocenters. The van der Waals surface area contributed by atoms with Crippen molar-refractivity contribution in [3.63, 3.8) is 0 Å². The lowest BCUT2D eigenvalue weighted by Crippen LogP contribution is -2.25. The summed E-state index contributed by atoms with van der Waals surface area (Å²) >= 11 is 0. The van der Waals surface area contributed by atoms with Gasteiger partial charge in [0.2, 0.25) is 0 Å². The Morgan fingerprint density at radius 1 is 0.944 bits per heavy atom. The normalized spacial score (nSPS) is 37.6. The SMILES string of the molecule is C/C=C/CC1CCC(C2CCC(C#N)CC2)CC1. The molecule has 0 aromatic rings. The van der Waals surface area contributed by atoms with Gasteiger partial charge < -0.3 is 0 Å². The van der Waals surface area contributed by atoms with E-state index in [4.69, 9.17) is 5.26 Å². The Bertz CT molecular complexity index is 296. The molecule has 100 valence electrons. The average molecular weight is 245 g/mol. The van der Waals surface area contributed by atoms with E-state index >= 15 is 0 Å². The minimum absolute atomic E-state index is 0.368. The summed E-state index contributed by atoms with van der Waals surface area (Å²) < 4.78 is 0. The molecule has 0 radical (unpaired) electrons. The van der Waals surface area contributed by atoms with Gasteiger partial charge in [-0.2, -0.15) is 5.26 Å². The smallest absolute Gasteiger partial charge is 0.0655 e. The fraction of sp³-hybridized carbons (Fsp3) is 0.824. The summed E-state index contributed by atoms with van der Waals surface area (Å²) in [6.45, 7) is 2.12. The van der Waals surface area contributed by atoms with E-state index in [0.717, 1.165) is 17.8 Å². The molecule has 2 saturated carbocycles. The van der Waals surface area contributed by atoms with Gasteiger partial charge in [-0.1, -0.05) is 12.2 Å². The largest absolute Gasteiger partial charge is 0.198 e. The average Bonchev–Trinajstić information content (AvgIpc) is 2.46. The van der Waals surface area contributed by atoms with Crippen LogP contribution in [-0.4, -0.2) is 0 Å². The van der Waals surface area contributed by atoms with Gasteiger partial charge in [0.05, 0.1) is 6.07 Å². The lowest BCUT2D eigenvalue weighted by Gasteiger charge is -2.36. The second-order valence-electron chi connectivity index (χ2n) is 6.33. The Hall–Kier alpha value is -0.770. The second-order valence-corrected chi connectivity index (χ2v) is 6.33. The van der Waals surface area contributed by atoms with Crippen LogP contribution in [0.5, 0.6) is 0 Å². The van der Waals surface area contributed by atoms with Crippen LogP contribution in [0.1, 0.15) is 64.7 Å². The summed E-state index contributed by atoms with van der Waals surface area (Å²) in [6.07, 6.45) is 16.6. The number of allylic oxidation sites excluding steroid dienone is 2. The number of hydrogen-bond acceptors (Lipinski definition) is 1. The molecule has 0 amide bonds. The Kier molecular flexibility index (Phi) is 5.29. The van der Waals surface area contributed by atoms with Gasteiger partial charge in [-0.25, -0.2) is 0 Å². The summed E-state index contributed by atoms with van der Waals surface area (Å²) in [5.74, 6) is 3.24. The maximum absolute atomic E-state index is 8.95. The standard InChI is InChI=1S/C17H27N/c1-2-3-4-14-5-9-16(10-6-14)17-11-7-15(13-18)8-12-17/h2-3,14-17H,4-12H2,1H3/b3-2+. The van der Waals surface area contributed by atoms with E-state index in [1.54, 1.807) is 0 Å². The van der Waals surface area contributed by atoms with E-state index in [0.29, 0.717) is 5.92 Å². The molecular weight excluding hydrogens is 218 g/mol. The van der Waals surface area contributed by atoms with Crippen molar-refractivity contribution in [2.75, 3.05) is 0 Å². The van der Waals surface area contributed by atoms with Gasteiger partial charge in [0.25, 0.3) is 0 Å². The molecule has 0 bridgehead atoms. The molecule has 2 aliphatic rings. The first-order valence-corrected chi connectivity index (χ1v) is 7.84. The molecule has 0 atom stereocenters. The van der Waals surface area contributed by atoms with Crippen molar-refractivity contribution in [1.29, 1.82) is 5.26 Å². The first-order valence-electron chi connectivity index (χ1n) is 7.84. The molecule has 2 rings (SSSR count). The number of rotatable bonds is 3. The lowest BCUT2D eigenvalue weighted by molar-refractivity contribution is 0.157. The van der Waals surface area contributed by atoms with E-state index in [1.165, 1.54) is 57.8 Å². The molecule has 2 fully saturated rings. The molecule has 2 aliphatic carbocycles. The summed E-state index contributed by atoms with van der Waals surface area (Å²) in [6, 6.07) is 2.45. The van der Waals surface area contributed by atoms with Crippen LogP contribution in [0.25, 0.3) is 0 Å².